The first kappa shape index (κ1) is 14.5. The first-order valence-electron chi connectivity index (χ1n) is 5.97. The summed E-state index contributed by atoms with van der Waals surface area (Å²) >= 11 is 3.32. The van der Waals surface area contributed by atoms with E-state index in [9.17, 15) is 9.18 Å². The number of benzene rings is 2. The minimum Gasteiger partial charge on any atom is -0.496 e. The van der Waals surface area contributed by atoms with Crippen LogP contribution in [0.25, 0.3) is 0 Å². The highest BCUT2D eigenvalue weighted by atomic mass is 79.9. The van der Waals surface area contributed by atoms with Crippen molar-refractivity contribution in [1.29, 1.82) is 0 Å². The van der Waals surface area contributed by atoms with Crippen LogP contribution in [-0.4, -0.2) is 13.0 Å². The van der Waals surface area contributed by atoms with Crippen molar-refractivity contribution in [1.82, 2.24) is 5.32 Å². The zero-order valence-corrected chi connectivity index (χ0v) is 12.4. The Bertz CT molecular complexity index is 631. The topological polar surface area (TPSA) is 38.3 Å². The van der Waals surface area contributed by atoms with Gasteiger partial charge in [0.15, 0.2) is 0 Å². The van der Waals surface area contributed by atoms with E-state index in [0.29, 0.717) is 16.9 Å². The number of amides is 1. The highest BCUT2D eigenvalue weighted by molar-refractivity contribution is 9.10. The predicted molar refractivity (Wildman–Crippen MR) is 78.3 cm³/mol. The van der Waals surface area contributed by atoms with Crippen molar-refractivity contribution in [3.8, 4) is 5.75 Å². The first-order chi connectivity index (χ1) is 9.61. The molecule has 0 aliphatic rings. The fourth-order valence-electron chi connectivity index (χ4n) is 1.72. The molecule has 0 radical (unpaired) electrons. The SMILES string of the molecule is COc1cc(C(=O)NCc2ccccc2F)ccc1Br. The highest BCUT2D eigenvalue weighted by Gasteiger charge is 2.09. The molecule has 2 aromatic rings. The maximum atomic E-state index is 13.4. The second-order valence-electron chi connectivity index (χ2n) is 4.12. The van der Waals surface area contributed by atoms with Gasteiger partial charge in [0.1, 0.15) is 11.6 Å². The molecule has 0 bridgehead atoms. The predicted octanol–water partition coefficient (Wildman–Crippen LogP) is 3.53. The average Bonchev–Trinajstić information content (AvgIpc) is 2.46. The summed E-state index contributed by atoms with van der Waals surface area (Å²) in [5.41, 5.74) is 0.909. The van der Waals surface area contributed by atoms with Gasteiger partial charge in [-0.3, -0.25) is 4.79 Å². The van der Waals surface area contributed by atoms with E-state index in [4.69, 9.17) is 4.74 Å². The van der Waals surface area contributed by atoms with Gasteiger partial charge in [-0.2, -0.15) is 0 Å². The van der Waals surface area contributed by atoms with E-state index >= 15 is 0 Å². The number of hydrogen-bond acceptors (Lipinski definition) is 2. The molecule has 2 rings (SSSR count). The third-order valence-electron chi connectivity index (χ3n) is 2.81. The summed E-state index contributed by atoms with van der Waals surface area (Å²) < 4.78 is 19.3. The van der Waals surface area contributed by atoms with Gasteiger partial charge in [0.05, 0.1) is 11.6 Å². The highest BCUT2D eigenvalue weighted by Crippen LogP contribution is 2.25. The minimum atomic E-state index is -0.332. The van der Waals surface area contributed by atoms with E-state index < -0.39 is 0 Å². The van der Waals surface area contributed by atoms with Crippen LogP contribution in [0.1, 0.15) is 15.9 Å². The molecule has 0 unspecified atom stereocenters. The van der Waals surface area contributed by atoms with Crippen LogP contribution in [0.3, 0.4) is 0 Å². The lowest BCUT2D eigenvalue weighted by molar-refractivity contribution is 0.0950. The van der Waals surface area contributed by atoms with Crippen LogP contribution in [-0.2, 0) is 6.54 Å². The molecule has 0 aliphatic heterocycles. The molecule has 0 aliphatic carbocycles. The fraction of sp³-hybridized carbons (Fsp3) is 0.133. The molecule has 5 heteroatoms. The second-order valence-corrected chi connectivity index (χ2v) is 4.98. The molecule has 0 heterocycles. The number of rotatable bonds is 4. The lowest BCUT2D eigenvalue weighted by atomic mass is 10.2. The molecule has 0 aromatic heterocycles. The Morgan fingerprint density at radius 1 is 1.30 bits per heavy atom. The molecule has 1 amide bonds. The number of carbonyl (C=O) groups is 1. The lowest BCUT2D eigenvalue weighted by Crippen LogP contribution is -2.23. The molecular formula is C15H13BrFNO2. The number of halogens is 2. The van der Waals surface area contributed by atoms with Crippen LogP contribution in [0.5, 0.6) is 5.75 Å². The van der Waals surface area contributed by atoms with Gasteiger partial charge in [-0.15, -0.1) is 0 Å². The minimum absolute atomic E-state index is 0.143. The van der Waals surface area contributed by atoms with Crippen molar-refractivity contribution in [3.63, 3.8) is 0 Å². The van der Waals surface area contributed by atoms with Gasteiger partial charge in [-0.05, 0) is 40.2 Å². The Hall–Kier alpha value is -1.88. The van der Waals surface area contributed by atoms with Crippen molar-refractivity contribution in [2.45, 2.75) is 6.54 Å². The molecule has 1 N–H and O–H groups in total. The van der Waals surface area contributed by atoms with Crippen molar-refractivity contribution < 1.29 is 13.9 Å². The van der Waals surface area contributed by atoms with E-state index in [1.54, 1.807) is 36.4 Å². The monoisotopic (exact) mass is 337 g/mol. The largest absolute Gasteiger partial charge is 0.496 e. The molecule has 3 nitrogen and oxygen atoms in total. The third kappa shape index (κ3) is 3.36. The van der Waals surface area contributed by atoms with E-state index in [1.165, 1.54) is 13.2 Å². The molecule has 0 saturated carbocycles. The zero-order valence-electron chi connectivity index (χ0n) is 10.8. The van der Waals surface area contributed by atoms with Crippen molar-refractivity contribution >= 4 is 21.8 Å². The number of nitrogens with one attached hydrogen (secondary N) is 1. The maximum absolute atomic E-state index is 13.4. The standard InChI is InChI=1S/C15H13BrFNO2/c1-20-14-8-10(6-7-12(14)16)15(19)18-9-11-4-2-3-5-13(11)17/h2-8H,9H2,1H3,(H,18,19). The van der Waals surface area contributed by atoms with Crippen LogP contribution < -0.4 is 10.1 Å². The summed E-state index contributed by atoms with van der Waals surface area (Å²) in [5.74, 6) is -0.0382. The third-order valence-corrected chi connectivity index (χ3v) is 3.47. The van der Waals surface area contributed by atoms with E-state index in [1.807, 2.05) is 0 Å². The average molecular weight is 338 g/mol. The smallest absolute Gasteiger partial charge is 0.251 e. The summed E-state index contributed by atoms with van der Waals surface area (Å²) in [6, 6.07) is 11.4. The summed E-state index contributed by atoms with van der Waals surface area (Å²) in [6.07, 6.45) is 0. The quantitative estimate of drug-likeness (QED) is 0.926. The number of methoxy groups -OCH3 is 1. The van der Waals surface area contributed by atoms with Crippen LogP contribution in [0.2, 0.25) is 0 Å². The second kappa shape index (κ2) is 6.52. The number of ether oxygens (including phenoxy) is 1. The first-order valence-corrected chi connectivity index (χ1v) is 6.76. The normalized spacial score (nSPS) is 10.2. The maximum Gasteiger partial charge on any atom is 0.251 e. The molecule has 0 spiro atoms. The van der Waals surface area contributed by atoms with Gasteiger partial charge in [0.25, 0.3) is 5.91 Å². The van der Waals surface area contributed by atoms with Crippen LogP contribution in [0, 0.1) is 5.82 Å². The molecule has 104 valence electrons. The van der Waals surface area contributed by atoms with E-state index in [-0.39, 0.29) is 18.3 Å². The molecule has 0 saturated heterocycles. The van der Waals surface area contributed by atoms with E-state index in [0.717, 1.165) is 4.47 Å². The van der Waals surface area contributed by atoms with Gasteiger partial charge >= 0.3 is 0 Å². The van der Waals surface area contributed by atoms with Crippen molar-refractivity contribution in [3.05, 3.63) is 63.9 Å². The van der Waals surface area contributed by atoms with Gasteiger partial charge < -0.3 is 10.1 Å². The summed E-state index contributed by atoms with van der Waals surface area (Å²) in [7, 11) is 1.53. The molecule has 20 heavy (non-hydrogen) atoms. The van der Waals surface area contributed by atoms with Gasteiger partial charge in [0, 0.05) is 17.7 Å². The van der Waals surface area contributed by atoms with E-state index in [2.05, 4.69) is 21.2 Å². The fourth-order valence-corrected chi connectivity index (χ4v) is 2.13. The Labute approximate surface area is 124 Å². The van der Waals surface area contributed by atoms with Crippen LogP contribution in [0.4, 0.5) is 4.39 Å². The van der Waals surface area contributed by atoms with Crippen LogP contribution >= 0.6 is 15.9 Å². The molecule has 0 fully saturated rings. The van der Waals surface area contributed by atoms with Crippen molar-refractivity contribution in [2.75, 3.05) is 7.11 Å². The van der Waals surface area contributed by atoms with Crippen LogP contribution in [0.15, 0.2) is 46.9 Å². The summed E-state index contributed by atoms with van der Waals surface area (Å²) in [5, 5.41) is 2.68. The molecular weight excluding hydrogens is 325 g/mol. The summed E-state index contributed by atoms with van der Waals surface area (Å²) in [4.78, 5) is 12.0. The Morgan fingerprint density at radius 3 is 2.75 bits per heavy atom. The van der Waals surface area contributed by atoms with Gasteiger partial charge in [-0.25, -0.2) is 4.39 Å². The Morgan fingerprint density at radius 2 is 2.05 bits per heavy atom. The molecule has 0 atom stereocenters. The molecule has 2 aromatic carbocycles. The number of carbonyl (C=O) groups excluding carboxylic acids is 1. The zero-order chi connectivity index (χ0) is 14.5. The van der Waals surface area contributed by atoms with Gasteiger partial charge in [-0.1, -0.05) is 18.2 Å². The lowest BCUT2D eigenvalue weighted by Gasteiger charge is -2.08. The Balaban J connectivity index is 2.07. The Kier molecular flexibility index (Phi) is 4.74. The van der Waals surface area contributed by atoms with Gasteiger partial charge in [0.2, 0.25) is 0 Å². The summed E-state index contributed by atoms with van der Waals surface area (Å²) in [6.45, 7) is 0.143. The van der Waals surface area contributed by atoms with Crippen molar-refractivity contribution in [2.24, 2.45) is 0 Å². The number of hydrogen-bond donors (Lipinski definition) is 1.